The number of pyridine rings is 1. The highest BCUT2D eigenvalue weighted by molar-refractivity contribution is 5.97. The van der Waals surface area contributed by atoms with Crippen LogP contribution in [-0.2, 0) is 4.79 Å². The molecule has 7 heteroatoms. The SMILES string of the molecule is O=C1C(NC2CCCC(C(F)(F)F)C2)CCCN1c1cccnc1. The fourth-order valence-corrected chi connectivity index (χ4v) is 3.72. The van der Waals surface area contributed by atoms with E-state index in [0.717, 1.165) is 12.1 Å². The van der Waals surface area contributed by atoms with E-state index in [9.17, 15) is 18.0 Å². The third kappa shape index (κ3) is 3.88. The zero-order chi connectivity index (χ0) is 17.2. The predicted octanol–water partition coefficient (Wildman–Crippen LogP) is 3.29. The van der Waals surface area contributed by atoms with Crippen molar-refractivity contribution in [2.45, 2.75) is 56.8 Å². The summed E-state index contributed by atoms with van der Waals surface area (Å²) in [4.78, 5) is 18.4. The highest BCUT2D eigenvalue weighted by Gasteiger charge is 2.43. The lowest BCUT2D eigenvalue weighted by molar-refractivity contribution is -0.183. The number of hydrogen-bond acceptors (Lipinski definition) is 3. The second kappa shape index (κ2) is 7.09. The number of amides is 1. The number of piperidine rings is 1. The lowest BCUT2D eigenvalue weighted by Gasteiger charge is -2.37. The summed E-state index contributed by atoms with van der Waals surface area (Å²) in [6.45, 7) is 0.624. The van der Waals surface area contributed by atoms with Gasteiger partial charge >= 0.3 is 6.18 Å². The van der Waals surface area contributed by atoms with Gasteiger partial charge in [-0.05, 0) is 44.2 Å². The average molecular weight is 341 g/mol. The third-order valence-electron chi connectivity index (χ3n) is 4.97. The smallest absolute Gasteiger partial charge is 0.310 e. The maximum atomic E-state index is 12.9. The van der Waals surface area contributed by atoms with Crippen LogP contribution in [0.3, 0.4) is 0 Å². The Bertz CT molecular complexity index is 564. The number of carbonyl (C=O) groups is 1. The third-order valence-corrected chi connectivity index (χ3v) is 4.97. The minimum absolute atomic E-state index is 0.0663. The van der Waals surface area contributed by atoms with E-state index in [1.165, 1.54) is 0 Å². The molecule has 1 aliphatic carbocycles. The maximum Gasteiger partial charge on any atom is 0.391 e. The van der Waals surface area contributed by atoms with Crippen molar-refractivity contribution < 1.29 is 18.0 Å². The lowest BCUT2D eigenvalue weighted by Crippen LogP contribution is -2.54. The Morgan fingerprint density at radius 2 is 2.04 bits per heavy atom. The minimum Gasteiger partial charge on any atom is -0.310 e. The van der Waals surface area contributed by atoms with Gasteiger partial charge in [0.05, 0.1) is 23.8 Å². The van der Waals surface area contributed by atoms with E-state index >= 15 is 0 Å². The van der Waals surface area contributed by atoms with Crippen LogP contribution in [0.25, 0.3) is 0 Å². The first-order valence-corrected chi connectivity index (χ1v) is 8.49. The van der Waals surface area contributed by atoms with Crippen LogP contribution in [0.5, 0.6) is 0 Å². The average Bonchev–Trinajstić information content (AvgIpc) is 2.57. The zero-order valence-corrected chi connectivity index (χ0v) is 13.4. The lowest BCUT2D eigenvalue weighted by atomic mass is 9.84. The molecule has 1 aromatic rings. The van der Waals surface area contributed by atoms with Gasteiger partial charge in [0.25, 0.3) is 0 Å². The molecule has 1 amide bonds. The number of nitrogens with zero attached hydrogens (tertiary/aromatic N) is 2. The Hall–Kier alpha value is -1.63. The molecule has 0 bridgehead atoms. The zero-order valence-electron chi connectivity index (χ0n) is 13.4. The Kier molecular flexibility index (Phi) is 5.08. The van der Waals surface area contributed by atoms with Gasteiger partial charge in [0.15, 0.2) is 0 Å². The number of alkyl halides is 3. The van der Waals surface area contributed by atoms with Gasteiger partial charge in [-0.15, -0.1) is 0 Å². The van der Waals surface area contributed by atoms with E-state index in [1.54, 1.807) is 23.4 Å². The molecule has 0 spiro atoms. The molecular formula is C17H22F3N3O. The predicted molar refractivity (Wildman–Crippen MR) is 84.5 cm³/mol. The highest BCUT2D eigenvalue weighted by atomic mass is 19.4. The summed E-state index contributed by atoms with van der Waals surface area (Å²) in [6, 6.07) is 2.95. The van der Waals surface area contributed by atoms with Gasteiger partial charge in [-0.3, -0.25) is 9.78 Å². The minimum atomic E-state index is -4.14. The van der Waals surface area contributed by atoms with E-state index in [2.05, 4.69) is 10.3 Å². The van der Waals surface area contributed by atoms with Gasteiger partial charge in [-0.25, -0.2) is 0 Å². The standard InChI is InChI=1S/C17H22F3N3O/c18-17(19,20)12-4-1-5-13(10-12)22-15-7-3-9-23(16(15)24)14-6-2-8-21-11-14/h2,6,8,11-13,15,22H,1,3-5,7,9-10H2. The van der Waals surface area contributed by atoms with Crippen LogP contribution < -0.4 is 10.2 Å². The summed E-state index contributed by atoms with van der Waals surface area (Å²) in [5.74, 6) is -1.32. The van der Waals surface area contributed by atoms with Crippen LogP contribution >= 0.6 is 0 Å². The van der Waals surface area contributed by atoms with E-state index in [4.69, 9.17) is 0 Å². The molecule has 1 aromatic heterocycles. The fraction of sp³-hybridized carbons (Fsp3) is 0.647. The summed E-state index contributed by atoms with van der Waals surface area (Å²) >= 11 is 0. The molecule has 2 heterocycles. The number of halogens is 3. The van der Waals surface area contributed by atoms with Gasteiger partial charge in [0.1, 0.15) is 0 Å². The largest absolute Gasteiger partial charge is 0.391 e. The number of rotatable bonds is 3. The normalized spacial score (nSPS) is 28.9. The summed E-state index contributed by atoms with van der Waals surface area (Å²) in [7, 11) is 0. The maximum absolute atomic E-state index is 12.9. The van der Waals surface area contributed by atoms with E-state index in [1.807, 2.05) is 6.07 Å². The number of anilines is 1. The first kappa shape index (κ1) is 17.2. The number of nitrogens with one attached hydrogen (secondary N) is 1. The highest BCUT2D eigenvalue weighted by Crippen LogP contribution is 2.37. The van der Waals surface area contributed by atoms with Gasteiger partial charge in [0.2, 0.25) is 5.91 Å². The second-order valence-corrected chi connectivity index (χ2v) is 6.66. The molecule has 24 heavy (non-hydrogen) atoms. The van der Waals surface area contributed by atoms with Crippen molar-refractivity contribution in [2.75, 3.05) is 11.4 Å². The number of hydrogen-bond donors (Lipinski definition) is 1. The molecular weight excluding hydrogens is 319 g/mol. The monoisotopic (exact) mass is 341 g/mol. The van der Waals surface area contributed by atoms with Crippen molar-refractivity contribution in [3.05, 3.63) is 24.5 Å². The quantitative estimate of drug-likeness (QED) is 0.918. The van der Waals surface area contributed by atoms with Crippen molar-refractivity contribution in [1.29, 1.82) is 0 Å². The molecule has 3 atom stereocenters. The van der Waals surface area contributed by atoms with Crippen molar-refractivity contribution in [1.82, 2.24) is 10.3 Å². The molecule has 1 N–H and O–H groups in total. The summed E-state index contributed by atoms with van der Waals surface area (Å²) in [6.07, 6.45) is 2.16. The first-order valence-electron chi connectivity index (χ1n) is 8.49. The summed E-state index contributed by atoms with van der Waals surface area (Å²) in [5, 5.41) is 3.20. The van der Waals surface area contributed by atoms with Crippen LogP contribution in [0.1, 0.15) is 38.5 Å². The van der Waals surface area contributed by atoms with Crippen LogP contribution in [-0.4, -0.2) is 35.7 Å². The molecule has 2 aliphatic rings. The number of carbonyl (C=O) groups excluding carboxylic acids is 1. The van der Waals surface area contributed by atoms with Crippen LogP contribution in [0, 0.1) is 5.92 Å². The van der Waals surface area contributed by atoms with E-state index in [-0.39, 0.29) is 24.8 Å². The summed E-state index contributed by atoms with van der Waals surface area (Å²) < 4.78 is 38.8. The van der Waals surface area contributed by atoms with Crippen molar-refractivity contribution in [3.8, 4) is 0 Å². The van der Waals surface area contributed by atoms with Gasteiger partial charge < -0.3 is 10.2 Å². The number of aromatic nitrogens is 1. The van der Waals surface area contributed by atoms with Crippen LogP contribution in [0.15, 0.2) is 24.5 Å². The summed E-state index contributed by atoms with van der Waals surface area (Å²) in [5.41, 5.74) is 0.741. The van der Waals surface area contributed by atoms with E-state index < -0.39 is 18.1 Å². The Balaban J connectivity index is 1.63. The first-order chi connectivity index (χ1) is 11.4. The molecule has 4 nitrogen and oxygen atoms in total. The van der Waals surface area contributed by atoms with Crippen molar-refractivity contribution in [3.63, 3.8) is 0 Å². The molecule has 0 aromatic carbocycles. The fourth-order valence-electron chi connectivity index (χ4n) is 3.72. The molecule has 3 unspecified atom stereocenters. The van der Waals surface area contributed by atoms with E-state index in [0.29, 0.717) is 25.8 Å². The molecule has 0 radical (unpaired) electrons. The van der Waals surface area contributed by atoms with Crippen molar-refractivity contribution in [2.24, 2.45) is 5.92 Å². The van der Waals surface area contributed by atoms with Gasteiger partial charge in [0, 0.05) is 18.8 Å². The molecule has 1 aliphatic heterocycles. The molecule has 1 saturated carbocycles. The van der Waals surface area contributed by atoms with Gasteiger partial charge in [-0.2, -0.15) is 13.2 Å². The second-order valence-electron chi connectivity index (χ2n) is 6.66. The van der Waals surface area contributed by atoms with Crippen LogP contribution in [0.4, 0.5) is 18.9 Å². The Morgan fingerprint density at radius 1 is 1.21 bits per heavy atom. The topological polar surface area (TPSA) is 45.2 Å². The van der Waals surface area contributed by atoms with Crippen LogP contribution in [0.2, 0.25) is 0 Å². The Morgan fingerprint density at radius 3 is 2.75 bits per heavy atom. The van der Waals surface area contributed by atoms with Crippen molar-refractivity contribution >= 4 is 11.6 Å². The molecule has 132 valence electrons. The Labute approximate surface area is 139 Å². The molecule has 2 fully saturated rings. The van der Waals surface area contributed by atoms with Gasteiger partial charge in [-0.1, -0.05) is 6.42 Å². The molecule has 1 saturated heterocycles. The molecule has 3 rings (SSSR count).